The molecule has 1 aromatic carbocycles. The van der Waals surface area contributed by atoms with Crippen molar-refractivity contribution in [1.82, 2.24) is 10.6 Å². The number of halogens is 1. The predicted molar refractivity (Wildman–Crippen MR) is 89.3 cm³/mol. The molecule has 0 heterocycles. The van der Waals surface area contributed by atoms with Crippen LogP contribution in [0.2, 0.25) is 0 Å². The molecular weight excluding hydrogens is 327 g/mol. The maximum absolute atomic E-state index is 13.1. The molecule has 0 atom stereocenters. The van der Waals surface area contributed by atoms with E-state index in [2.05, 4.69) is 17.6 Å². The standard InChI is InChI=1S/C18H23FN2O4/c1-12-5-7-18(8-6-12,17(24)25)21-16(23)11-20-15(22)10-13-3-2-4-14(19)9-13/h2-4,9,12H,5-8,10-11H2,1H3,(H,20,22)(H,21,23)(H,24,25). The largest absolute Gasteiger partial charge is 0.480 e. The van der Waals surface area contributed by atoms with Crippen LogP contribution in [-0.2, 0) is 20.8 Å². The molecule has 136 valence electrons. The summed E-state index contributed by atoms with van der Waals surface area (Å²) in [6, 6.07) is 5.66. The van der Waals surface area contributed by atoms with E-state index in [4.69, 9.17) is 0 Å². The van der Waals surface area contributed by atoms with Crippen LogP contribution in [0.15, 0.2) is 24.3 Å². The molecule has 1 aromatic rings. The number of benzene rings is 1. The van der Waals surface area contributed by atoms with Crippen molar-refractivity contribution >= 4 is 17.8 Å². The van der Waals surface area contributed by atoms with E-state index in [1.165, 1.54) is 18.2 Å². The molecule has 25 heavy (non-hydrogen) atoms. The lowest BCUT2D eigenvalue weighted by molar-refractivity contribution is -0.149. The van der Waals surface area contributed by atoms with Crippen molar-refractivity contribution in [1.29, 1.82) is 0 Å². The number of carbonyl (C=O) groups is 3. The van der Waals surface area contributed by atoms with Gasteiger partial charge in [-0.25, -0.2) is 9.18 Å². The van der Waals surface area contributed by atoms with Gasteiger partial charge in [0, 0.05) is 0 Å². The first kappa shape index (κ1) is 18.9. The molecule has 0 bridgehead atoms. The van der Waals surface area contributed by atoms with E-state index in [-0.39, 0.29) is 13.0 Å². The van der Waals surface area contributed by atoms with Crippen molar-refractivity contribution in [2.24, 2.45) is 5.92 Å². The molecule has 6 nitrogen and oxygen atoms in total. The van der Waals surface area contributed by atoms with E-state index >= 15 is 0 Å². The molecule has 2 rings (SSSR count). The second-order valence-electron chi connectivity index (χ2n) is 6.70. The predicted octanol–water partition coefficient (Wildman–Crippen LogP) is 1.63. The minimum Gasteiger partial charge on any atom is -0.480 e. The van der Waals surface area contributed by atoms with Gasteiger partial charge >= 0.3 is 5.97 Å². The summed E-state index contributed by atoms with van der Waals surface area (Å²) in [7, 11) is 0. The maximum Gasteiger partial charge on any atom is 0.329 e. The molecule has 0 radical (unpaired) electrons. The number of aliphatic carboxylic acids is 1. The smallest absolute Gasteiger partial charge is 0.329 e. The minimum atomic E-state index is -1.25. The van der Waals surface area contributed by atoms with Crippen molar-refractivity contribution in [3.63, 3.8) is 0 Å². The molecule has 2 amide bonds. The number of carboxylic acid groups (broad SMARTS) is 1. The van der Waals surface area contributed by atoms with E-state index in [0.717, 1.165) is 12.8 Å². The average molecular weight is 350 g/mol. The number of carbonyl (C=O) groups excluding carboxylic acids is 2. The van der Waals surface area contributed by atoms with E-state index in [1.807, 2.05) is 0 Å². The summed E-state index contributed by atoms with van der Waals surface area (Å²) in [6.07, 6.45) is 2.18. The molecular formula is C18H23FN2O4. The fourth-order valence-corrected chi connectivity index (χ4v) is 3.03. The number of hydrogen-bond acceptors (Lipinski definition) is 3. The van der Waals surface area contributed by atoms with Gasteiger partial charge in [0.25, 0.3) is 0 Å². The Kier molecular flexibility index (Phi) is 6.12. The number of amides is 2. The summed E-state index contributed by atoms with van der Waals surface area (Å²) in [5.41, 5.74) is -0.752. The Bertz CT molecular complexity index is 654. The lowest BCUT2D eigenvalue weighted by atomic mass is 9.77. The van der Waals surface area contributed by atoms with Gasteiger partial charge < -0.3 is 15.7 Å². The highest BCUT2D eigenvalue weighted by atomic mass is 19.1. The van der Waals surface area contributed by atoms with E-state index in [1.54, 1.807) is 6.07 Å². The van der Waals surface area contributed by atoms with Gasteiger partial charge in [0.15, 0.2) is 0 Å². The van der Waals surface area contributed by atoms with Gasteiger partial charge in [-0.1, -0.05) is 19.1 Å². The van der Waals surface area contributed by atoms with Gasteiger partial charge in [-0.2, -0.15) is 0 Å². The van der Waals surface area contributed by atoms with Crippen LogP contribution in [0.4, 0.5) is 4.39 Å². The van der Waals surface area contributed by atoms with Crippen LogP contribution in [0.3, 0.4) is 0 Å². The molecule has 7 heteroatoms. The van der Waals surface area contributed by atoms with E-state index in [9.17, 15) is 23.9 Å². The highest BCUT2D eigenvalue weighted by Gasteiger charge is 2.42. The van der Waals surface area contributed by atoms with Gasteiger partial charge in [-0.15, -0.1) is 0 Å². The SMILES string of the molecule is CC1CCC(NC(=O)CNC(=O)Cc2cccc(F)c2)(C(=O)O)CC1. The van der Waals surface area contributed by atoms with Crippen molar-refractivity contribution in [3.8, 4) is 0 Å². The van der Waals surface area contributed by atoms with Crippen molar-refractivity contribution in [2.45, 2.75) is 44.6 Å². The highest BCUT2D eigenvalue weighted by Crippen LogP contribution is 2.32. The second kappa shape index (κ2) is 8.09. The Morgan fingerprint density at radius 3 is 2.52 bits per heavy atom. The normalized spacial score (nSPS) is 22.9. The molecule has 0 saturated heterocycles. The number of hydrogen-bond donors (Lipinski definition) is 3. The maximum atomic E-state index is 13.1. The fraction of sp³-hybridized carbons (Fsp3) is 0.500. The molecule has 0 spiro atoms. The molecule has 0 aromatic heterocycles. The Hall–Kier alpha value is -2.44. The van der Waals surface area contributed by atoms with Gasteiger partial charge in [-0.05, 0) is 49.3 Å². The average Bonchev–Trinajstić information content (AvgIpc) is 2.55. The summed E-state index contributed by atoms with van der Waals surface area (Å²) in [6.45, 7) is 1.75. The summed E-state index contributed by atoms with van der Waals surface area (Å²) in [5.74, 6) is -2.00. The third-order valence-electron chi connectivity index (χ3n) is 4.62. The summed E-state index contributed by atoms with van der Waals surface area (Å²) >= 11 is 0. The van der Waals surface area contributed by atoms with Crippen LogP contribution in [0, 0.1) is 11.7 Å². The zero-order chi connectivity index (χ0) is 18.4. The summed E-state index contributed by atoms with van der Waals surface area (Å²) in [5, 5.41) is 14.5. The molecule has 0 aliphatic heterocycles. The molecule has 1 aliphatic carbocycles. The number of carboxylic acids is 1. The second-order valence-corrected chi connectivity index (χ2v) is 6.70. The zero-order valence-electron chi connectivity index (χ0n) is 14.2. The van der Waals surface area contributed by atoms with Crippen LogP contribution in [0.25, 0.3) is 0 Å². The molecule has 3 N–H and O–H groups in total. The Labute approximate surface area is 145 Å². The van der Waals surface area contributed by atoms with Gasteiger partial charge in [0.1, 0.15) is 11.4 Å². The quantitative estimate of drug-likeness (QED) is 0.727. The molecule has 1 saturated carbocycles. The Morgan fingerprint density at radius 2 is 1.92 bits per heavy atom. The number of nitrogens with one attached hydrogen (secondary N) is 2. The third-order valence-corrected chi connectivity index (χ3v) is 4.62. The topological polar surface area (TPSA) is 95.5 Å². The van der Waals surface area contributed by atoms with E-state index < -0.39 is 29.1 Å². The van der Waals surface area contributed by atoms with Gasteiger partial charge in [-0.3, -0.25) is 9.59 Å². The zero-order valence-corrected chi connectivity index (χ0v) is 14.2. The fourth-order valence-electron chi connectivity index (χ4n) is 3.03. The highest BCUT2D eigenvalue weighted by molar-refractivity contribution is 5.90. The Balaban J connectivity index is 1.84. The first-order valence-corrected chi connectivity index (χ1v) is 8.36. The minimum absolute atomic E-state index is 0.0490. The van der Waals surface area contributed by atoms with Crippen LogP contribution in [-0.4, -0.2) is 35.0 Å². The number of rotatable bonds is 6. The molecule has 1 fully saturated rings. The molecule has 0 unspecified atom stereocenters. The van der Waals surface area contributed by atoms with Gasteiger partial charge in [0.05, 0.1) is 13.0 Å². The van der Waals surface area contributed by atoms with Crippen molar-refractivity contribution in [3.05, 3.63) is 35.6 Å². The van der Waals surface area contributed by atoms with Crippen molar-refractivity contribution in [2.75, 3.05) is 6.54 Å². The van der Waals surface area contributed by atoms with Crippen LogP contribution in [0.5, 0.6) is 0 Å². The van der Waals surface area contributed by atoms with Crippen LogP contribution >= 0.6 is 0 Å². The van der Waals surface area contributed by atoms with E-state index in [0.29, 0.717) is 24.3 Å². The first-order valence-electron chi connectivity index (χ1n) is 8.36. The lowest BCUT2D eigenvalue weighted by Gasteiger charge is -2.36. The van der Waals surface area contributed by atoms with Gasteiger partial charge in [0.2, 0.25) is 11.8 Å². The summed E-state index contributed by atoms with van der Waals surface area (Å²) in [4.78, 5) is 35.5. The summed E-state index contributed by atoms with van der Waals surface area (Å²) < 4.78 is 13.1. The third kappa shape index (κ3) is 5.27. The van der Waals surface area contributed by atoms with Crippen molar-refractivity contribution < 1.29 is 23.9 Å². The van der Waals surface area contributed by atoms with Crippen LogP contribution in [0.1, 0.15) is 38.2 Å². The Morgan fingerprint density at radius 1 is 1.24 bits per heavy atom. The monoisotopic (exact) mass is 350 g/mol. The lowest BCUT2D eigenvalue weighted by Crippen LogP contribution is -2.58. The molecule has 1 aliphatic rings. The van der Waals surface area contributed by atoms with Crippen LogP contribution < -0.4 is 10.6 Å². The first-order chi connectivity index (χ1) is 11.8.